The fourth-order valence-corrected chi connectivity index (χ4v) is 1.89. The summed E-state index contributed by atoms with van der Waals surface area (Å²) >= 11 is 0. The summed E-state index contributed by atoms with van der Waals surface area (Å²) in [7, 11) is 0. The maximum absolute atomic E-state index is 9.86. The molecule has 2 aromatic carbocycles. The lowest BCUT2D eigenvalue weighted by Crippen LogP contribution is -1.87. The molecule has 0 aliphatic carbocycles. The first-order chi connectivity index (χ1) is 8.33. The Labute approximate surface area is 99.2 Å². The molecule has 0 spiro atoms. The van der Waals surface area contributed by atoms with E-state index in [4.69, 9.17) is 9.47 Å². The molecule has 1 heterocycles. The van der Waals surface area contributed by atoms with E-state index in [1.54, 1.807) is 12.1 Å². The maximum Gasteiger partial charge on any atom is 0.172 e. The lowest BCUT2D eigenvalue weighted by Gasteiger charge is -2.09. The molecule has 0 saturated heterocycles. The third-order valence-electron chi connectivity index (χ3n) is 2.74. The van der Waals surface area contributed by atoms with Crippen LogP contribution < -0.4 is 9.47 Å². The molecule has 86 valence electrons. The lowest BCUT2D eigenvalue weighted by molar-refractivity contribution is 0.353. The van der Waals surface area contributed by atoms with Crippen molar-refractivity contribution in [3.05, 3.63) is 48.0 Å². The zero-order valence-corrected chi connectivity index (χ0v) is 9.22. The van der Waals surface area contributed by atoms with Gasteiger partial charge in [0, 0.05) is 18.1 Å². The van der Waals surface area contributed by atoms with Crippen LogP contribution in [0.2, 0.25) is 0 Å². The molecule has 1 aliphatic heterocycles. The predicted molar refractivity (Wildman–Crippen MR) is 63.8 cm³/mol. The van der Waals surface area contributed by atoms with Crippen molar-refractivity contribution < 1.29 is 14.6 Å². The Balaban J connectivity index is 1.93. The van der Waals surface area contributed by atoms with Gasteiger partial charge >= 0.3 is 0 Å². The maximum atomic E-state index is 9.86. The monoisotopic (exact) mass is 228 g/mol. The van der Waals surface area contributed by atoms with Crippen molar-refractivity contribution in [1.29, 1.82) is 0 Å². The molecule has 0 aromatic heterocycles. The topological polar surface area (TPSA) is 38.7 Å². The van der Waals surface area contributed by atoms with Gasteiger partial charge in [0.2, 0.25) is 0 Å². The predicted octanol–water partition coefficient (Wildman–Crippen LogP) is 3.12. The van der Waals surface area contributed by atoms with E-state index in [9.17, 15) is 5.11 Å². The number of phenolic OH excluding ortho intramolecular Hbond substituents is 1. The lowest BCUT2D eigenvalue weighted by atomic mass is 10.1. The van der Waals surface area contributed by atoms with E-state index in [1.807, 2.05) is 30.3 Å². The molecule has 2 aromatic rings. The van der Waals surface area contributed by atoms with Crippen LogP contribution in [0, 0.1) is 0 Å². The molecule has 3 nitrogen and oxygen atoms in total. The van der Waals surface area contributed by atoms with Gasteiger partial charge in [0.25, 0.3) is 0 Å². The standard InChI is InChI=1S/C14H12O3/c15-12-8-10-6-7-16-13(10)9-14(12)17-11-4-2-1-3-5-11/h1-5,8-9,15H,6-7H2. The first kappa shape index (κ1) is 10.0. The fourth-order valence-electron chi connectivity index (χ4n) is 1.89. The Morgan fingerprint density at radius 3 is 2.76 bits per heavy atom. The van der Waals surface area contributed by atoms with Gasteiger partial charge in [-0.3, -0.25) is 0 Å². The fraction of sp³-hybridized carbons (Fsp3) is 0.143. The van der Waals surface area contributed by atoms with Crippen LogP contribution >= 0.6 is 0 Å². The van der Waals surface area contributed by atoms with Gasteiger partial charge in [-0.05, 0) is 18.2 Å². The summed E-state index contributed by atoms with van der Waals surface area (Å²) in [6.07, 6.45) is 0.842. The first-order valence-corrected chi connectivity index (χ1v) is 5.54. The Bertz CT molecular complexity index is 535. The first-order valence-electron chi connectivity index (χ1n) is 5.54. The Morgan fingerprint density at radius 2 is 1.94 bits per heavy atom. The van der Waals surface area contributed by atoms with Crippen LogP contribution in [0.5, 0.6) is 23.0 Å². The molecule has 0 unspecified atom stereocenters. The number of hydrogen-bond donors (Lipinski definition) is 1. The van der Waals surface area contributed by atoms with E-state index in [2.05, 4.69) is 0 Å². The highest BCUT2D eigenvalue weighted by Crippen LogP contribution is 2.38. The number of aromatic hydroxyl groups is 1. The Kier molecular flexibility index (Phi) is 2.37. The smallest absolute Gasteiger partial charge is 0.172 e. The van der Waals surface area contributed by atoms with Crippen LogP contribution in [-0.4, -0.2) is 11.7 Å². The van der Waals surface area contributed by atoms with Crippen molar-refractivity contribution in [2.45, 2.75) is 6.42 Å². The van der Waals surface area contributed by atoms with Gasteiger partial charge in [-0.2, -0.15) is 0 Å². The van der Waals surface area contributed by atoms with Gasteiger partial charge in [0.1, 0.15) is 11.5 Å². The number of hydrogen-bond acceptors (Lipinski definition) is 3. The second-order valence-electron chi connectivity index (χ2n) is 3.94. The van der Waals surface area contributed by atoms with Crippen molar-refractivity contribution in [2.24, 2.45) is 0 Å². The molecular formula is C14H12O3. The number of ether oxygens (including phenoxy) is 2. The van der Waals surface area contributed by atoms with Crippen molar-refractivity contribution in [1.82, 2.24) is 0 Å². The number of benzene rings is 2. The molecular weight excluding hydrogens is 216 g/mol. The molecule has 3 heteroatoms. The molecule has 0 radical (unpaired) electrons. The Hall–Kier alpha value is -2.16. The summed E-state index contributed by atoms with van der Waals surface area (Å²) < 4.78 is 11.0. The summed E-state index contributed by atoms with van der Waals surface area (Å²) in [5.41, 5.74) is 1.03. The van der Waals surface area contributed by atoms with E-state index in [0.717, 1.165) is 17.7 Å². The molecule has 1 N–H and O–H groups in total. The largest absolute Gasteiger partial charge is 0.504 e. The van der Waals surface area contributed by atoms with Crippen LogP contribution in [0.25, 0.3) is 0 Å². The molecule has 0 bridgehead atoms. The molecule has 0 amide bonds. The average Bonchev–Trinajstić information content (AvgIpc) is 2.78. The Morgan fingerprint density at radius 1 is 1.12 bits per heavy atom. The second-order valence-corrected chi connectivity index (χ2v) is 3.94. The van der Waals surface area contributed by atoms with Crippen LogP contribution in [-0.2, 0) is 6.42 Å². The van der Waals surface area contributed by atoms with Gasteiger partial charge in [0.05, 0.1) is 6.61 Å². The molecule has 0 saturated carbocycles. The van der Waals surface area contributed by atoms with Crippen molar-refractivity contribution in [2.75, 3.05) is 6.61 Å². The molecule has 17 heavy (non-hydrogen) atoms. The number of rotatable bonds is 2. The zero-order chi connectivity index (χ0) is 11.7. The number of para-hydroxylation sites is 1. The summed E-state index contributed by atoms with van der Waals surface area (Å²) in [5, 5.41) is 9.86. The van der Waals surface area contributed by atoms with Gasteiger partial charge in [-0.25, -0.2) is 0 Å². The second kappa shape index (κ2) is 4.01. The molecule has 0 fully saturated rings. The van der Waals surface area contributed by atoms with Gasteiger partial charge in [-0.15, -0.1) is 0 Å². The number of fused-ring (bicyclic) bond motifs is 1. The van der Waals surface area contributed by atoms with E-state index in [-0.39, 0.29) is 5.75 Å². The summed E-state index contributed by atoms with van der Waals surface area (Å²) in [6, 6.07) is 12.8. The average molecular weight is 228 g/mol. The summed E-state index contributed by atoms with van der Waals surface area (Å²) in [6.45, 7) is 0.670. The highest BCUT2D eigenvalue weighted by Gasteiger charge is 2.16. The number of phenols is 1. The zero-order valence-electron chi connectivity index (χ0n) is 9.22. The van der Waals surface area contributed by atoms with E-state index < -0.39 is 0 Å². The van der Waals surface area contributed by atoms with Crippen LogP contribution in [0.1, 0.15) is 5.56 Å². The van der Waals surface area contributed by atoms with Crippen LogP contribution in [0.3, 0.4) is 0 Å². The minimum atomic E-state index is 0.151. The third kappa shape index (κ3) is 1.91. The molecule has 1 aliphatic rings. The molecule has 0 atom stereocenters. The summed E-state index contributed by atoms with van der Waals surface area (Å²) in [4.78, 5) is 0. The third-order valence-corrected chi connectivity index (χ3v) is 2.74. The van der Waals surface area contributed by atoms with E-state index >= 15 is 0 Å². The van der Waals surface area contributed by atoms with E-state index in [0.29, 0.717) is 18.1 Å². The normalized spacial score (nSPS) is 12.9. The highest BCUT2D eigenvalue weighted by atomic mass is 16.5. The van der Waals surface area contributed by atoms with Gasteiger partial charge < -0.3 is 14.6 Å². The van der Waals surface area contributed by atoms with Gasteiger partial charge in [0.15, 0.2) is 11.5 Å². The minimum Gasteiger partial charge on any atom is -0.504 e. The van der Waals surface area contributed by atoms with Crippen molar-refractivity contribution in [3.63, 3.8) is 0 Å². The molecule has 3 rings (SSSR count). The minimum absolute atomic E-state index is 0.151. The van der Waals surface area contributed by atoms with Crippen LogP contribution in [0.4, 0.5) is 0 Å². The summed E-state index contributed by atoms with van der Waals surface area (Å²) in [5.74, 6) is 2.07. The SMILES string of the molecule is Oc1cc2c(cc1Oc1ccccc1)OCC2. The van der Waals surface area contributed by atoms with Crippen LogP contribution in [0.15, 0.2) is 42.5 Å². The quantitative estimate of drug-likeness (QED) is 0.858. The van der Waals surface area contributed by atoms with E-state index in [1.165, 1.54) is 0 Å². The highest BCUT2D eigenvalue weighted by molar-refractivity contribution is 5.52. The van der Waals surface area contributed by atoms with Crippen molar-refractivity contribution in [3.8, 4) is 23.0 Å². The van der Waals surface area contributed by atoms with Crippen molar-refractivity contribution >= 4 is 0 Å². The van der Waals surface area contributed by atoms with Gasteiger partial charge in [-0.1, -0.05) is 18.2 Å².